The lowest BCUT2D eigenvalue weighted by atomic mass is 9.85. The maximum absolute atomic E-state index is 12.5. The molecule has 8 heteroatoms. The lowest BCUT2D eigenvalue weighted by Gasteiger charge is -2.45. The molecule has 0 saturated carbocycles. The summed E-state index contributed by atoms with van der Waals surface area (Å²) in [5, 5.41) is 9.08. The molecule has 2 unspecified atom stereocenters. The molecule has 0 amide bonds. The zero-order valence-electron chi connectivity index (χ0n) is 12.1. The molecule has 0 spiro atoms. The highest BCUT2D eigenvalue weighted by Gasteiger charge is 2.39. The summed E-state index contributed by atoms with van der Waals surface area (Å²) in [5.41, 5.74) is 0. The van der Waals surface area contributed by atoms with Crippen LogP contribution in [0.3, 0.4) is 0 Å². The molecular formula is C13H23N3O4S. The number of piperidine rings is 4. The number of rotatable bonds is 4. The van der Waals surface area contributed by atoms with Crippen LogP contribution in [0.5, 0.6) is 0 Å². The Kier molecular flexibility index (Phi) is 4.22. The van der Waals surface area contributed by atoms with Crippen molar-refractivity contribution in [1.29, 1.82) is 0 Å². The van der Waals surface area contributed by atoms with Crippen molar-refractivity contribution in [1.82, 2.24) is 13.9 Å². The van der Waals surface area contributed by atoms with Crippen molar-refractivity contribution in [3.05, 3.63) is 0 Å². The second-order valence-electron chi connectivity index (χ2n) is 6.40. The van der Waals surface area contributed by atoms with E-state index in [9.17, 15) is 13.2 Å². The molecule has 4 rings (SSSR count). The molecule has 0 aromatic heterocycles. The summed E-state index contributed by atoms with van der Waals surface area (Å²) in [4.78, 5) is 13.4. The average molecular weight is 317 g/mol. The summed E-state index contributed by atoms with van der Waals surface area (Å²) in [6, 6.07) is -0.0253. The van der Waals surface area contributed by atoms with E-state index >= 15 is 0 Å². The molecule has 120 valence electrons. The number of hydrogen-bond donors (Lipinski definition) is 2. The van der Waals surface area contributed by atoms with Gasteiger partial charge in [-0.05, 0) is 44.7 Å². The van der Waals surface area contributed by atoms with Gasteiger partial charge in [0.05, 0.1) is 5.92 Å². The largest absolute Gasteiger partial charge is 0.481 e. The number of fused-ring (bicyclic) bond motifs is 3. The van der Waals surface area contributed by atoms with Gasteiger partial charge in [0.1, 0.15) is 0 Å². The van der Waals surface area contributed by atoms with Gasteiger partial charge in [0.2, 0.25) is 0 Å². The maximum Gasteiger partial charge on any atom is 0.307 e. The number of carboxylic acids is 1. The van der Waals surface area contributed by atoms with Gasteiger partial charge in [-0.3, -0.25) is 4.79 Å². The first-order valence-corrected chi connectivity index (χ1v) is 9.12. The van der Waals surface area contributed by atoms with Crippen molar-refractivity contribution in [2.75, 3.05) is 32.7 Å². The zero-order chi connectivity index (χ0) is 15.0. The van der Waals surface area contributed by atoms with E-state index in [1.165, 1.54) is 4.31 Å². The third-order valence-corrected chi connectivity index (χ3v) is 6.64. The lowest BCUT2D eigenvalue weighted by molar-refractivity contribution is -0.142. The number of carboxylic acid groups (broad SMARTS) is 1. The van der Waals surface area contributed by atoms with Gasteiger partial charge in [0.25, 0.3) is 10.2 Å². The second-order valence-corrected chi connectivity index (χ2v) is 8.11. The Morgan fingerprint density at radius 1 is 1.10 bits per heavy atom. The highest BCUT2D eigenvalue weighted by atomic mass is 32.2. The quantitative estimate of drug-likeness (QED) is 0.744. The van der Waals surface area contributed by atoms with Crippen molar-refractivity contribution in [2.45, 2.75) is 31.7 Å². The molecule has 7 nitrogen and oxygen atoms in total. The fraction of sp³-hybridized carbons (Fsp3) is 0.923. The first kappa shape index (κ1) is 15.2. The van der Waals surface area contributed by atoms with Crippen LogP contribution in [-0.2, 0) is 15.0 Å². The Morgan fingerprint density at radius 2 is 1.81 bits per heavy atom. The van der Waals surface area contributed by atoms with E-state index in [1.807, 2.05) is 0 Å². The van der Waals surface area contributed by atoms with Gasteiger partial charge in [-0.15, -0.1) is 0 Å². The molecule has 4 fully saturated rings. The van der Waals surface area contributed by atoms with Gasteiger partial charge >= 0.3 is 5.97 Å². The van der Waals surface area contributed by atoms with Crippen LogP contribution in [0.15, 0.2) is 0 Å². The Balaban J connectivity index is 1.65. The SMILES string of the molecule is O=C(O)C1CCCN(S(=O)(=O)NC2CN3CCC2CC3)C1. The van der Waals surface area contributed by atoms with Gasteiger partial charge in [-0.25, -0.2) is 0 Å². The molecule has 0 aliphatic carbocycles. The number of aliphatic carboxylic acids is 1. The topological polar surface area (TPSA) is 90.0 Å². The molecule has 0 aromatic rings. The Bertz CT molecular complexity index is 502. The summed E-state index contributed by atoms with van der Waals surface area (Å²) < 4.78 is 29.1. The van der Waals surface area contributed by atoms with Crippen LogP contribution in [0.2, 0.25) is 0 Å². The van der Waals surface area contributed by atoms with E-state index in [4.69, 9.17) is 5.11 Å². The molecule has 4 saturated heterocycles. The van der Waals surface area contributed by atoms with Crippen LogP contribution >= 0.6 is 0 Å². The van der Waals surface area contributed by atoms with Gasteiger partial charge in [-0.2, -0.15) is 17.4 Å². The number of hydrogen-bond acceptors (Lipinski definition) is 4. The summed E-state index contributed by atoms with van der Waals surface area (Å²) >= 11 is 0. The summed E-state index contributed by atoms with van der Waals surface area (Å²) in [6.07, 6.45) is 3.26. The van der Waals surface area contributed by atoms with Crippen LogP contribution in [0, 0.1) is 11.8 Å². The third-order valence-electron chi connectivity index (χ3n) is 5.03. The minimum atomic E-state index is -3.58. The fourth-order valence-electron chi connectivity index (χ4n) is 3.73. The monoisotopic (exact) mass is 317 g/mol. The highest BCUT2D eigenvalue weighted by molar-refractivity contribution is 7.87. The standard InChI is InChI=1S/C13H23N3O4S/c17-13(18)11-2-1-5-16(8-11)21(19,20)14-12-9-15-6-3-10(12)4-7-15/h10-12,14H,1-9H2,(H,17,18). The van der Waals surface area contributed by atoms with Gasteiger partial charge in [-0.1, -0.05) is 0 Å². The Hall–Kier alpha value is -0.700. The maximum atomic E-state index is 12.5. The minimum absolute atomic E-state index is 0.0253. The van der Waals surface area contributed by atoms with E-state index < -0.39 is 22.1 Å². The predicted molar refractivity (Wildman–Crippen MR) is 76.9 cm³/mol. The average Bonchev–Trinajstić information content (AvgIpc) is 2.48. The molecule has 2 bridgehead atoms. The molecule has 2 atom stereocenters. The van der Waals surface area contributed by atoms with Crippen LogP contribution in [0.4, 0.5) is 0 Å². The molecule has 4 aliphatic rings. The molecule has 0 aromatic carbocycles. The smallest absolute Gasteiger partial charge is 0.307 e. The first-order valence-electron chi connectivity index (χ1n) is 7.68. The van der Waals surface area contributed by atoms with E-state index in [0.29, 0.717) is 25.3 Å². The molecule has 4 aliphatic heterocycles. The van der Waals surface area contributed by atoms with Gasteiger partial charge in [0.15, 0.2) is 0 Å². The highest BCUT2D eigenvalue weighted by Crippen LogP contribution is 2.28. The van der Waals surface area contributed by atoms with Crippen molar-refractivity contribution in [3.8, 4) is 0 Å². The Morgan fingerprint density at radius 3 is 2.38 bits per heavy atom. The predicted octanol–water partition coefficient (Wildman–Crippen LogP) is -0.288. The number of nitrogens with one attached hydrogen (secondary N) is 1. The van der Waals surface area contributed by atoms with Crippen molar-refractivity contribution < 1.29 is 18.3 Å². The normalized spacial score (nSPS) is 37.5. The summed E-state index contributed by atoms with van der Waals surface area (Å²) in [6.45, 7) is 3.41. The second kappa shape index (κ2) is 5.83. The van der Waals surface area contributed by atoms with E-state index in [0.717, 1.165) is 32.5 Å². The van der Waals surface area contributed by atoms with Gasteiger partial charge in [0, 0.05) is 25.7 Å². The van der Waals surface area contributed by atoms with Crippen molar-refractivity contribution in [2.24, 2.45) is 11.8 Å². The molecule has 4 heterocycles. The lowest BCUT2D eigenvalue weighted by Crippen LogP contribution is -2.59. The molecule has 2 N–H and O–H groups in total. The minimum Gasteiger partial charge on any atom is -0.481 e. The first-order chi connectivity index (χ1) is 9.95. The van der Waals surface area contributed by atoms with Crippen LogP contribution in [0.25, 0.3) is 0 Å². The molecule has 0 radical (unpaired) electrons. The van der Waals surface area contributed by atoms with Crippen LogP contribution in [-0.4, -0.2) is 67.5 Å². The van der Waals surface area contributed by atoms with Crippen molar-refractivity contribution in [3.63, 3.8) is 0 Å². The van der Waals surface area contributed by atoms with E-state index in [1.54, 1.807) is 0 Å². The van der Waals surface area contributed by atoms with E-state index in [2.05, 4.69) is 9.62 Å². The summed E-state index contributed by atoms with van der Waals surface area (Å²) in [5.74, 6) is -1.07. The summed E-state index contributed by atoms with van der Waals surface area (Å²) in [7, 11) is -3.58. The van der Waals surface area contributed by atoms with Crippen LogP contribution < -0.4 is 4.72 Å². The Labute approximate surface area is 125 Å². The zero-order valence-corrected chi connectivity index (χ0v) is 12.9. The van der Waals surface area contributed by atoms with Crippen LogP contribution in [0.1, 0.15) is 25.7 Å². The van der Waals surface area contributed by atoms with E-state index in [-0.39, 0.29) is 12.6 Å². The van der Waals surface area contributed by atoms with Crippen molar-refractivity contribution >= 4 is 16.2 Å². The fourth-order valence-corrected chi connectivity index (χ4v) is 5.27. The third kappa shape index (κ3) is 3.23. The molecule has 21 heavy (non-hydrogen) atoms. The number of nitrogens with zero attached hydrogens (tertiary/aromatic N) is 2. The number of carbonyl (C=O) groups is 1. The molecular weight excluding hydrogens is 294 g/mol. The van der Waals surface area contributed by atoms with Gasteiger partial charge < -0.3 is 10.0 Å².